The molecule has 3 rings (SSSR count). The summed E-state index contributed by atoms with van der Waals surface area (Å²) in [6, 6.07) is 5.73. The van der Waals surface area contributed by atoms with Gasteiger partial charge < -0.3 is 14.6 Å². The van der Waals surface area contributed by atoms with Gasteiger partial charge in [0.1, 0.15) is 0 Å². The fourth-order valence-corrected chi connectivity index (χ4v) is 4.35. The third-order valence-electron chi connectivity index (χ3n) is 5.37. The van der Waals surface area contributed by atoms with Crippen molar-refractivity contribution < 1.29 is 19.4 Å². The quantitative estimate of drug-likeness (QED) is 0.905. The van der Waals surface area contributed by atoms with E-state index in [1.807, 2.05) is 18.2 Å². The zero-order valence-corrected chi connectivity index (χ0v) is 12.6. The van der Waals surface area contributed by atoms with Crippen LogP contribution in [0, 0.1) is 17.3 Å². The van der Waals surface area contributed by atoms with Crippen LogP contribution in [0.1, 0.15) is 31.2 Å². The number of aliphatic carboxylic acids is 1. The van der Waals surface area contributed by atoms with Crippen molar-refractivity contribution in [3.05, 3.63) is 23.8 Å². The second-order valence-electron chi connectivity index (χ2n) is 6.41. The standard InChI is InChI=1S/C17H22O4/c1-20-14-6-4-12(8-15(14)21-2)10-17(16(18)19)9-11-3-5-13(17)7-11/h4,6,8,11,13H,3,5,7,9-10H2,1-2H3,(H,18,19). The van der Waals surface area contributed by atoms with Gasteiger partial charge in [-0.15, -0.1) is 0 Å². The van der Waals surface area contributed by atoms with Crippen molar-refractivity contribution in [3.63, 3.8) is 0 Å². The first-order valence-electron chi connectivity index (χ1n) is 7.53. The molecule has 1 N–H and O–H groups in total. The number of hydrogen-bond acceptors (Lipinski definition) is 3. The molecule has 1 aromatic carbocycles. The third kappa shape index (κ3) is 2.27. The predicted octanol–water partition coefficient (Wildman–Crippen LogP) is 3.14. The summed E-state index contributed by atoms with van der Waals surface area (Å²) in [6.45, 7) is 0. The largest absolute Gasteiger partial charge is 0.493 e. The number of hydrogen-bond donors (Lipinski definition) is 1. The Morgan fingerprint density at radius 1 is 1.29 bits per heavy atom. The SMILES string of the molecule is COc1ccc(CC2(C(=O)O)CC3CCC2C3)cc1OC. The maximum Gasteiger partial charge on any atom is 0.310 e. The first-order chi connectivity index (χ1) is 10.1. The average Bonchev–Trinajstić information content (AvgIpc) is 3.08. The molecule has 1 aromatic rings. The van der Waals surface area contributed by atoms with Crippen LogP contribution >= 0.6 is 0 Å². The minimum absolute atomic E-state index is 0.327. The van der Waals surface area contributed by atoms with E-state index in [0.29, 0.717) is 29.8 Å². The predicted molar refractivity (Wildman–Crippen MR) is 78.8 cm³/mol. The summed E-state index contributed by atoms with van der Waals surface area (Å²) in [6.07, 6.45) is 4.75. The maximum absolute atomic E-state index is 11.9. The summed E-state index contributed by atoms with van der Waals surface area (Å²) < 4.78 is 10.6. The normalized spacial score (nSPS) is 30.4. The molecule has 2 bridgehead atoms. The molecule has 3 unspecified atom stereocenters. The summed E-state index contributed by atoms with van der Waals surface area (Å²) >= 11 is 0. The number of ether oxygens (including phenoxy) is 2. The van der Waals surface area contributed by atoms with Crippen molar-refractivity contribution in [2.45, 2.75) is 32.1 Å². The minimum atomic E-state index is -0.635. The Labute approximate surface area is 125 Å². The third-order valence-corrected chi connectivity index (χ3v) is 5.37. The Hall–Kier alpha value is -1.71. The molecule has 0 radical (unpaired) electrons. The fraction of sp³-hybridized carbons (Fsp3) is 0.588. The van der Waals surface area contributed by atoms with E-state index in [2.05, 4.69) is 0 Å². The van der Waals surface area contributed by atoms with Gasteiger partial charge in [0.05, 0.1) is 19.6 Å². The van der Waals surface area contributed by atoms with Gasteiger partial charge in [0.2, 0.25) is 0 Å². The number of carboxylic acid groups (broad SMARTS) is 1. The van der Waals surface area contributed by atoms with Crippen LogP contribution in [0.4, 0.5) is 0 Å². The molecule has 2 saturated carbocycles. The summed E-state index contributed by atoms with van der Waals surface area (Å²) in [4.78, 5) is 11.9. The van der Waals surface area contributed by atoms with Crippen molar-refractivity contribution in [1.29, 1.82) is 0 Å². The lowest BCUT2D eigenvalue weighted by Gasteiger charge is -2.33. The van der Waals surface area contributed by atoms with Gasteiger partial charge in [-0.3, -0.25) is 4.79 Å². The van der Waals surface area contributed by atoms with E-state index in [1.165, 1.54) is 6.42 Å². The van der Waals surface area contributed by atoms with Gasteiger partial charge in [0, 0.05) is 0 Å². The molecule has 0 saturated heterocycles. The van der Waals surface area contributed by atoms with Crippen molar-refractivity contribution in [1.82, 2.24) is 0 Å². The monoisotopic (exact) mass is 290 g/mol. The molecular formula is C17H22O4. The lowest BCUT2D eigenvalue weighted by molar-refractivity contribution is -0.152. The summed E-state index contributed by atoms with van der Waals surface area (Å²) in [5.41, 5.74) is 0.435. The molecule has 21 heavy (non-hydrogen) atoms. The maximum atomic E-state index is 11.9. The van der Waals surface area contributed by atoms with E-state index in [-0.39, 0.29) is 0 Å². The number of methoxy groups -OCH3 is 2. The van der Waals surface area contributed by atoms with Crippen LogP contribution in [0.15, 0.2) is 18.2 Å². The van der Waals surface area contributed by atoms with Gasteiger partial charge in [0.25, 0.3) is 0 Å². The first-order valence-corrected chi connectivity index (χ1v) is 7.53. The molecule has 2 fully saturated rings. The van der Waals surface area contributed by atoms with Gasteiger partial charge >= 0.3 is 5.97 Å². The van der Waals surface area contributed by atoms with Crippen LogP contribution in [-0.2, 0) is 11.2 Å². The highest BCUT2D eigenvalue weighted by atomic mass is 16.5. The molecule has 0 amide bonds. The second kappa shape index (κ2) is 5.24. The molecular weight excluding hydrogens is 268 g/mol. The van der Waals surface area contributed by atoms with Gasteiger partial charge in [-0.25, -0.2) is 0 Å². The van der Waals surface area contributed by atoms with Gasteiger partial charge in [0.15, 0.2) is 11.5 Å². The molecule has 0 aliphatic heterocycles. The smallest absolute Gasteiger partial charge is 0.310 e. The molecule has 2 aliphatic rings. The Kier molecular flexibility index (Phi) is 3.56. The molecule has 3 atom stereocenters. The highest BCUT2D eigenvalue weighted by Crippen LogP contribution is 2.57. The van der Waals surface area contributed by atoms with Crippen molar-refractivity contribution in [2.75, 3.05) is 14.2 Å². The van der Waals surface area contributed by atoms with Crippen molar-refractivity contribution in [2.24, 2.45) is 17.3 Å². The molecule has 0 heterocycles. The van der Waals surface area contributed by atoms with Crippen LogP contribution < -0.4 is 9.47 Å². The number of benzene rings is 1. The minimum Gasteiger partial charge on any atom is -0.493 e. The van der Waals surface area contributed by atoms with E-state index in [0.717, 1.165) is 24.8 Å². The Balaban J connectivity index is 1.89. The molecule has 4 heteroatoms. The lowest BCUT2D eigenvalue weighted by atomic mass is 9.69. The number of carbonyl (C=O) groups is 1. The fourth-order valence-electron chi connectivity index (χ4n) is 4.35. The van der Waals surface area contributed by atoms with E-state index < -0.39 is 11.4 Å². The van der Waals surface area contributed by atoms with Crippen LogP contribution in [0.5, 0.6) is 11.5 Å². The van der Waals surface area contributed by atoms with Crippen molar-refractivity contribution in [3.8, 4) is 11.5 Å². The number of rotatable bonds is 5. The molecule has 0 spiro atoms. The average molecular weight is 290 g/mol. The van der Waals surface area contributed by atoms with Gasteiger partial charge in [-0.05, 0) is 55.2 Å². The van der Waals surface area contributed by atoms with E-state index in [4.69, 9.17) is 9.47 Å². The van der Waals surface area contributed by atoms with E-state index >= 15 is 0 Å². The Morgan fingerprint density at radius 3 is 2.57 bits per heavy atom. The highest BCUT2D eigenvalue weighted by molar-refractivity contribution is 5.76. The second-order valence-corrected chi connectivity index (χ2v) is 6.41. The zero-order valence-electron chi connectivity index (χ0n) is 12.6. The van der Waals surface area contributed by atoms with E-state index in [1.54, 1.807) is 14.2 Å². The summed E-state index contributed by atoms with van der Waals surface area (Å²) in [7, 11) is 3.21. The molecule has 114 valence electrons. The topological polar surface area (TPSA) is 55.8 Å². The molecule has 4 nitrogen and oxygen atoms in total. The number of carboxylic acids is 1. The Bertz CT molecular complexity index is 554. The lowest BCUT2D eigenvalue weighted by Crippen LogP contribution is -2.38. The summed E-state index contributed by atoms with van der Waals surface area (Å²) in [5.74, 6) is 1.64. The van der Waals surface area contributed by atoms with E-state index in [9.17, 15) is 9.90 Å². The van der Waals surface area contributed by atoms with Gasteiger partial charge in [-0.1, -0.05) is 12.5 Å². The van der Waals surface area contributed by atoms with Gasteiger partial charge in [-0.2, -0.15) is 0 Å². The zero-order chi connectivity index (χ0) is 15.0. The molecule has 0 aromatic heterocycles. The Morgan fingerprint density at radius 2 is 2.05 bits per heavy atom. The van der Waals surface area contributed by atoms with Crippen LogP contribution in [0.25, 0.3) is 0 Å². The van der Waals surface area contributed by atoms with Crippen molar-refractivity contribution >= 4 is 5.97 Å². The van der Waals surface area contributed by atoms with Crippen LogP contribution in [0.2, 0.25) is 0 Å². The van der Waals surface area contributed by atoms with Crippen LogP contribution in [-0.4, -0.2) is 25.3 Å². The summed E-state index contributed by atoms with van der Waals surface area (Å²) in [5, 5.41) is 9.82. The number of fused-ring (bicyclic) bond motifs is 2. The molecule has 2 aliphatic carbocycles. The highest BCUT2D eigenvalue weighted by Gasteiger charge is 2.55. The van der Waals surface area contributed by atoms with Crippen LogP contribution in [0.3, 0.4) is 0 Å². The first kappa shape index (κ1) is 14.2.